The quantitative estimate of drug-likeness (QED) is 0.480. The first-order chi connectivity index (χ1) is 12.7. The van der Waals surface area contributed by atoms with E-state index in [9.17, 15) is 23.3 Å². The van der Waals surface area contributed by atoms with Gasteiger partial charge >= 0.3 is 6.18 Å². The lowest BCUT2D eigenvalue weighted by Crippen LogP contribution is -2.04. The number of aryl methyl sites for hydroxylation is 1. The van der Waals surface area contributed by atoms with Crippen molar-refractivity contribution in [1.29, 1.82) is 0 Å². The molecule has 3 rings (SSSR count). The third kappa shape index (κ3) is 3.82. The van der Waals surface area contributed by atoms with E-state index in [0.29, 0.717) is 0 Å². The van der Waals surface area contributed by atoms with E-state index < -0.39 is 16.7 Å². The predicted molar refractivity (Wildman–Crippen MR) is 87.4 cm³/mol. The van der Waals surface area contributed by atoms with Gasteiger partial charge in [0.05, 0.1) is 15.5 Å². The van der Waals surface area contributed by atoms with Gasteiger partial charge in [-0.3, -0.25) is 10.1 Å². The molecule has 0 spiro atoms. The fourth-order valence-electron chi connectivity index (χ4n) is 2.26. The van der Waals surface area contributed by atoms with E-state index in [1.807, 2.05) is 0 Å². The highest BCUT2D eigenvalue weighted by Gasteiger charge is 2.31. The number of nitro benzene ring substituents is 1. The highest BCUT2D eigenvalue weighted by Crippen LogP contribution is 2.38. The number of nitro groups is 1. The number of halogens is 4. The molecule has 8 nitrogen and oxygen atoms in total. The van der Waals surface area contributed by atoms with Gasteiger partial charge in [0.2, 0.25) is 0 Å². The maximum atomic E-state index is 12.7. The number of alkyl halides is 3. The van der Waals surface area contributed by atoms with Gasteiger partial charge in [-0.25, -0.2) is 4.68 Å². The summed E-state index contributed by atoms with van der Waals surface area (Å²) in [6.07, 6.45) is -4.54. The predicted octanol–water partition coefficient (Wildman–Crippen LogP) is 4.25. The minimum absolute atomic E-state index is 0.0411. The molecule has 12 heteroatoms. The van der Waals surface area contributed by atoms with Crippen molar-refractivity contribution in [3.05, 3.63) is 57.1 Å². The molecule has 0 aliphatic carbocycles. The van der Waals surface area contributed by atoms with E-state index in [1.54, 1.807) is 0 Å². The topological polar surface area (TPSA) is 96.0 Å². The Morgan fingerprint density at radius 3 is 2.52 bits per heavy atom. The zero-order valence-electron chi connectivity index (χ0n) is 13.4. The van der Waals surface area contributed by atoms with Crippen LogP contribution in [-0.2, 0) is 13.2 Å². The van der Waals surface area contributed by atoms with Crippen LogP contribution < -0.4 is 4.74 Å². The molecule has 0 aliphatic heterocycles. The maximum absolute atomic E-state index is 12.7. The number of hydrogen-bond donors (Lipinski definition) is 0. The number of rotatable bonds is 4. The summed E-state index contributed by atoms with van der Waals surface area (Å²) in [6, 6.07) is 6.39. The standard InChI is InChI=1S/C15H9ClF3N5O3/c1-23-14(20-21-22-23)10-7-9(3-4-12(10)24(25)26)27-13-5-2-8(6-11(13)16)15(17,18)19/h2-7H,1H3. The molecule has 0 N–H and O–H groups in total. The fraction of sp³-hybridized carbons (Fsp3) is 0.133. The second-order valence-electron chi connectivity index (χ2n) is 5.31. The summed E-state index contributed by atoms with van der Waals surface area (Å²) < 4.78 is 44.9. The average molecular weight is 400 g/mol. The molecule has 3 aromatic rings. The van der Waals surface area contributed by atoms with Gasteiger partial charge in [0.25, 0.3) is 5.69 Å². The highest BCUT2D eigenvalue weighted by molar-refractivity contribution is 6.32. The molecule has 27 heavy (non-hydrogen) atoms. The Balaban J connectivity index is 1.99. The number of ether oxygens (including phenoxy) is 1. The van der Waals surface area contributed by atoms with Gasteiger partial charge in [-0.1, -0.05) is 11.6 Å². The number of hydrogen-bond acceptors (Lipinski definition) is 6. The molecule has 0 bridgehead atoms. The number of aromatic nitrogens is 4. The van der Waals surface area contributed by atoms with Gasteiger partial charge in [-0.15, -0.1) is 5.10 Å². The van der Waals surface area contributed by atoms with Gasteiger partial charge in [0.15, 0.2) is 5.82 Å². The van der Waals surface area contributed by atoms with Crippen molar-refractivity contribution in [1.82, 2.24) is 20.2 Å². The Morgan fingerprint density at radius 1 is 1.22 bits per heavy atom. The van der Waals surface area contributed by atoms with Crippen LogP contribution in [-0.4, -0.2) is 25.1 Å². The number of tetrazole rings is 1. The van der Waals surface area contributed by atoms with Crippen molar-refractivity contribution in [2.24, 2.45) is 7.05 Å². The SMILES string of the molecule is Cn1nnnc1-c1cc(Oc2ccc(C(F)(F)F)cc2Cl)ccc1[N+](=O)[O-]. The minimum atomic E-state index is -4.54. The van der Waals surface area contributed by atoms with Crippen LogP contribution in [0, 0.1) is 10.1 Å². The molecule has 140 valence electrons. The summed E-state index contributed by atoms with van der Waals surface area (Å²) >= 11 is 5.86. The summed E-state index contributed by atoms with van der Waals surface area (Å²) in [4.78, 5) is 10.6. The van der Waals surface area contributed by atoms with Crippen LogP contribution in [0.4, 0.5) is 18.9 Å². The third-order valence-electron chi connectivity index (χ3n) is 3.51. The molecule has 0 atom stereocenters. The van der Waals surface area contributed by atoms with Crippen LogP contribution >= 0.6 is 11.6 Å². The van der Waals surface area contributed by atoms with Crippen LogP contribution in [0.2, 0.25) is 5.02 Å². The van der Waals surface area contributed by atoms with E-state index in [2.05, 4.69) is 15.5 Å². The molecule has 0 unspecified atom stereocenters. The molecule has 0 saturated carbocycles. The van der Waals surface area contributed by atoms with E-state index in [1.165, 1.54) is 29.9 Å². The van der Waals surface area contributed by atoms with Crippen LogP contribution in [0.1, 0.15) is 5.56 Å². The molecule has 0 amide bonds. The zero-order valence-corrected chi connectivity index (χ0v) is 14.2. The first-order valence-corrected chi connectivity index (χ1v) is 7.60. The molecular formula is C15H9ClF3N5O3. The number of benzene rings is 2. The largest absolute Gasteiger partial charge is 0.456 e. The van der Waals surface area contributed by atoms with Crippen molar-refractivity contribution in [3.8, 4) is 22.9 Å². The Labute approximate surface area is 154 Å². The summed E-state index contributed by atoms with van der Waals surface area (Å²) in [6.45, 7) is 0. The Bertz CT molecular complexity index is 1020. The average Bonchev–Trinajstić information content (AvgIpc) is 3.01. The maximum Gasteiger partial charge on any atom is 0.416 e. The summed E-state index contributed by atoms with van der Waals surface area (Å²) in [5.41, 5.74) is -1.11. The molecule has 0 fully saturated rings. The van der Waals surface area contributed by atoms with Gasteiger partial charge in [-0.05, 0) is 40.8 Å². The molecule has 1 heterocycles. The fourth-order valence-corrected chi connectivity index (χ4v) is 2.48. The Morgan fingerprint density at radius 2 is 1.96 bits per heavy atom. The van der Waals surface area contributed by atoms with Gasteiger partial charge in [0, 0.05) is 13.1 Å². The second kappa shape index (κ2) is 6.83. The van der Waals surface area contributed by atoms with Crippen molar-refractivity contribution >= 4 is 17.3 Å². The van der Waals surface area contributed by atoms with Crippen molar-refractivity contribution in [2.45, 2.75) is 6.18 Å². The Hall–Kier alpha value is -3.21. The molecule has 0 saturated heterocycles. The van der Waals surface area contributed by atoms with Crippen molar-refractivity contribution < 1.29 is 22.8 Å². The third-order valence-corrected chi connectivity index (χ3v) is 3.81. The van der Waals surface area contributed by atoms with Gasteiger partial charge < -0.3 is 4.74 Å². The van der Waals surface area contributed by atoms with E-state index in [4.69, 9.17) is 16.3 Å². The minimum Gasteiger partial charge on any atom is -0.456 e. The zero-order chi connectivity index (χ0) is 19.8. The number of nitrogens with zero attached hydrogens (tertiary/aromatic N) is 5. The first kappa shape index (κ1) is 18.6. The van der Waals surface area contributed by atoms with E-state index in [-0.39, 0.29) is 33.6 Å². The van der Waals surface area contributed by atoms with E-state index >= 15 is 0 Å². The Kier molecular flexibility index (Phi) is 4.70. The molecule has 1 aromatic heterocycles. The van der Waals surface area contributed by atoms with Gasteiger partial charge in [0.1, 0.15) is 17.1 Å². The van der Waals surface area contributed by atoms with Crippen LogP contribution in [0.15, 0.2) is 36.4 Å². The highest BCUT2D eigenvalue weighted by atomic mass is 35.5. The van der Waals surface area contributed by atoms with Crippen LogP contribution in [0.3, 0.4) is 0 Å². The molecule has 2 aromatic carbocycles. The second-order valence-corrected chi connectivity index (χ2v) is 5.71. The smallest absolute Gasteiger partial charge is 0.416 e. The summed E-state index contributed by atoms with van der Waals surface area (Å²) in [5, 5.41) is 21.8. The first-order valence-electron chi connectivity index (χ1n) is 7.22. The molecule has 0 radical (unpaired) electrons. The molecular weight excluding hydrogens is 391 g/mol. The molecule has 0 aliphatic rings. The lowest BCUT2D eigenvalue weighted by Gasteiger charge is -2.12. The van der Waals surface area contributed by atoms with Gasteiger partial charge in [-0.2, -0.15) is 13.2 Å². The van der Waals surface area contributed by atoms with Crippen molar-refractivity contribution in [3.63, 3.8) is 0 Å². The van der Waals surface area contributed by atoms with E-state index in [0.717, 1.165) is 18.2 Å². The van der Waals surface area contributed by atoms with Crippen molar-refractivity contribution in [2.75, 3.05) is 0 Å². The normalized spacial score (nSPS) is 11.4. The van der Waals surface area contributed by atoms with Crippen LogP contribution in [0.5, 0.6) is 11.5 Å². The lowest BCUT2D eigenvalue weighted by molar-refractivity contribution is -0.384. The summed E-state index contributed by atoms with van der Waals surface area (Å²) in [7, 11) is 1.50. The monoisotopic (exact) mass is 399 g/mol. The van der Waals surface area contributed by atoms with Crippen LogP contribution in [0.25, 0.3) is 11.4 Å². The lowest BCUT2D eigenvalue weighted by atomic mass is 10.1. The summed E-state index contributed by atoms with van der Waals surface area (Å²) in [5.74, 6) is 0.187.